The molecule has 0 aliphatic heterocycles. The van der Waals surface area contributed by atoms with Gasteiger partial charge in [-0.25, -0.2) is 4.98 Å². The number of unbranched alkanes of at least 4 members (excludes halogenated alkanes) is 3. The summed E-state index contributed by atoms with van der Waals surface area (Å²) < 4.78 is 0. The molecule has 168 valence electrons. The van der Waals surface area contributed by atoms with Gasteiger partial charge in [-0.3, -0.25) is 9.59 Å². The zero-order valence-corrected chi connectivity index (χ0v) is 18.7. The van der Waals surface area contributed by atoms with Gasteiger partial charge in [-0.1, -0.05) is 18.4 Å². The molecule has 2 aromatic carbocycles. The highest BCUT2D eigenvalue weighted by Gasteiger charge is 2.11. The number of H-pyrrole nitrogens is 1. The molecule has 0 spiro atoms. The molecule has 0 atom stereocenters. The van der Waals surface area contributed by atoms with Gasteiger partial charge in [0.2, 0.25) is 0 Å². The van der Waals surface area contributed by atoms with E-state index in [2.05, 4.69) is 27.3 Å². The summed E-state index contributed by atoms with van der Waals surface area (Å²) in [5, 5.41) is 12.0. The van der Waals surface area contributed by atoms with Crippen LogP contribution in [0.2, 0.25) is 0 Å². The average molecular weight is 442 g/mol. The minimum absolute atomic E-state index is 0.123. The predicted molar refractivity (Wildman–Crippen MR) is 130 cm³/mol. The molecule has 3 rings (SSSR count). The number of nitrogens with zero attached hydrogens (tertiary/aromatic N) is 3. The number of carbonyl (C=O) groups excluding carboxylic acids is 1. The first kappa shape index (κ1) is 23.6. The lowest BCUT2D eigenvalue weighted by atomic mass is 10.1. The molecule has 0 radical (unpaired) electrons. The van der Waals surface area contributed by atoms with E-state index in [0.717, 1.165) is 30.5 Å². The Kier molecular flexibility index (Phi) is 8.21. The molecule has 7 nitrogen and oxygen atoms in total. The summed E-state index contributed by atoms with van der Waals surface area (Å²) in [5.41, 5.74) is 2.89. The van der Waals surface area contributed by atoms with Crippen LogP contribution < -0.4 is 15.8 Å². The monoisotopic (exact) mass is 441 g/mol. The summed E-state index contributed by atoms with van der Waals surface area (Å²) in [5.74, 6) is 3.13. The third-order valence-corrected chi connectivity index (χ3v) is 5.29. The number of benzene rings is 2. The van der Waals surface area contributed by atoms with Gasteiger partial charge in [-0.05, 0) is 61.7 Å². The van der Waals surface area contributed by atoms with Crippen LogP contribution in [0.3, 0.4) is 0 Å². The molecule has 0 unspecified atom stereocenters. The highest BCUT2D eigenvalue weighted by atomic mass is 16.1. The van der Waals surface area contributed by atoms with Crippen molar-refractivity contribution < 1.29 is 4.79 Å². The molecule has 1 amide bonds. The number of nitrogens with one attached hydrogen (secondary N) is 2. The second-order valence-corrected chi connectivity index (χ2v) is 7.83. The summed E-state index contributed by atoms with van der Waals surface area (Å²) in [6.45, 7) is 3.24. The van der Waals surface area contributed by atoms with Crippen molar-refractivity contribution in [3.63, 3.8) is 0 Å². The molecule has 0 saturated carbocycles. The van der Waals surface area contributed by atoms with Gasteiger partial charge in [0.25, 0.3) is 11.5 Å². The first-order valence-electron chi connectivity index (χ1n) is 10.9. The first-order chi connectivity index (χ1) is 16.0. The number of rotatable bonds is 10. The van der Waals surface area contributed by atoms with E-state index >= 15 is 0 Å². The molecular weight excluding hydrogens is 414 g/mol. The van der Waals surface area contributed by atoms with E-state index < -0.39 is 0 Å². The number of carbonyl (C=O) groups is 1. The summed E-state index contributed by atoms with van der Waals surface area (Å²) in [6.07, 6.45) is 8.77. The number of nitriles is 1. The van der Waals surface area contributed by atoms with Gasteiger partial charge in [0, 0.05) is 30.8 Å². The summed E-state index contributed by atoms with van der Waals surface area (Å²) in [7, 11) is 0. The lowest BCUT2D eigenvalue weighted by molar-refractivity contribution is 0.0953. The Morgan fingerprint density at radius 1 is 1.18 bits per heavy atom. The molecular formula is C26H27N5O2. The number of aromatic nitrogens is 2. The molecule has 0 saturated heterocycles. The van der Waals surface area contributed by atoms with Crippen LogP contribution in [0, 0.1) is 30.6 Å². The Bertz CT molecular complexity index is 1250. The van der Waals surface area contributed by atoms with Gasteiger partial charge in [-0.2, -0.15) is 5.26 Å². The topological polar surface area (TPSA) is 102 Å². The van der Waals surface area contributed by atoms with E-state index in [-0.39, 0.29) is 11.5 Å². The molecule has 2 N–H and O–H groups in total. The van der Waals surface area contributed by atoms with E-state index in [4.69, 9.17) is 11.7 Å². The zero-order chi connectivity index (χ0) is 23.6. The summed E-state index contributed by atoms with van der Waals surface area (Å²) in [4.78, 5) is 33.8. The number of anilines is 1. The van der Waals surface area contributed by atoms with Gasteiger partial charge in [0.1, 0.15) is 5.82 Å². The van der Waals surface area contributed by atoms with Crippen LogP contribution in [0.1, 0.15) is 47.4 Å². The highest BCUT2D eigenvalue weighted by Crippen LogP contribution is 2.19. The number of amides is 1. The van der Waals surface area contributed by atoms with Crippen LogP contribution in [-0.4, -0.2) is 29.0 Å². The number of hydrogen-bond donors (Lipinski definition) is 2. The van der Waals surface area contributed by atoms with Gasteiger partial charge in [0.05, 0.1) is 23.5 Å². The number of terminal acetylenes is 1. The second kappa shape index (κ2) is 11.5. The third-order valence-electron chi connectivity index (χ3n) is 5.29. The maximum Gasteiger partial charge on any atom is 0.258 e. The number of hydrogen-bond acceptors (Lipinski definition) is 5. The maximum absolute atomic E-state index is 12.4. The molecule has 3 aromatic rings. The van der Waals surface area contributed by atoms with Gasteiger partial charge in [-0.15, -0.1) is 6.42 Å². The summed E-state index contributed by atoms with van der Waals surface area (Å²) >= 11 is 0. The Labute approximate surface area is 193 Å². The van der Waals surface area contributed by atoms with Crippen molar-refractivity contribution in [3.05, 3.63) is 69.8 Å². The lowest BCUT2D eigenvalue weighted by Gasteiger charge is -2.23. The van der Waals surface area contributed by atoms with Crippen molar-refractivity contribution in [3.8, 4) is 18.4 Å². The van der Waals surface area contributed by atoms with Crippen molar-refractivity contribution in [2.75, 3.05) is 18.0 Å². The first-order valence-corrected chi connectivity index (χ1v) is 10.9. The van der Waals surface area contributed by atoms with Crippen LogP contribution in [0.15, 0.2) is 47.3 Å². The fourth-order valence-electron chi connectivity index (χ4n) is 3.60. The molecule has 33 heavy (non-hydrogen) atoms. The van der Waals surface area contributed by atoms with Gasteiger partial charge < -0.3 is 15.2 Å². The molecule has 0 fully saturated rings. The number of aryl methyl sites for hydroxylation is 1. The van der Waals surface area contributed by atoms with E-state index in [9.17, 15) is 9.59 Å². The lowest BCUT2D eigenvalue weighted by Crippen LogP contribution is -2.25. The van der Waals surface area contributed by atoms with Crippen molar-refractivity contribution in [1.29, 1.82) is 5.26 Å². The fourth-order valence-corrected chi connectivity index (χ4v) is 3.60. The van der Waals surface area contributed by atoms with E-state index in [0.29, 0.717) is 48.3 Å². The van der Waals surface area contributed by atoms with Crippen molar-refractivity contribution in [2.24, 2.45) is 0 Å². The van der Waals surface area contributed by atoms with Crippen LogP contribution in [0.25, 0.3) is 10.9 Å². The maximum atomic E-state index is 12.4. The Balaban J connectivity index is 1.67. The molecule has 0 aliphatic rings. The zero-order valence-electron chi connectivity index (χ0n) is 18.7. The van der Waals surface area contributed by atoms with Crippen LogP contribution in [0.4, 0.5) is 5.69 Å². The van der Waals surface area contributed by atoms with Crippen molar-refractivity contribution in [1.82, 2.24) is 15.3 Å². The summed E-state index contributed by atoms with van der Waals surface area (Å²) in [6, 6.07) is 15.0. The Morgan fingerprint density at radius 2 is 1.97 bits per heavy atom. The molecule has 1 aromatic heterocycles. The normalized spacial score (nSPS) is 10.4. The van der Waals surface area contributed by atoms with E-state index in [1.807, 2.05) is 35.2 Å². The number of fused-ring (bicyclic) bond motifs is 1. The van der Waals surface area contributed by atoms with Gasteiger partial charge in [0.15, 0.2) is 0 Å². The van der Waals surface area contributed by atoms with Crippen molar-refractivity contribution >= 4 is 22.5 Å². The van der Waals surface area contributed by atoms with Crippen LogP contribution in [-0.2, 0) is 6.54 Å². The Morgan fingerprint density at radius 3 is 2.70 bits per heavy atom. The van der Waals surface area contributed by atoms with E-state index in [1.54, 1.807) is 19.1 Å². The molecule has 7 heteroatoms. The molecule has 0 aliphatic carbocycles. The van der Waals surface area contributed by atoms with E-state index in [1.165, 1.54) is 0 Å². The minimum atomic E-state index is -0.164. The smallest absolute Gasteiger partial charge is 0.258 e. The Hall–Kier alpha value is -4.10. The average Bonchev–Trinajstić information content (AvgIpc) is 2.81. The van der Waals surface area contributed by atoms with Crippen LogP contribution >= 0.6 is 0 Å². The second-order valence-electron chi connectivity index (χ2n) is 7.83. The fraction of sp³-hybridized carbons (Fsp3) is 0.308. The molecule has 0 bridgehead atoms. The molecule has 1 heterocycles. The minimum Gasteiger partial charge on any atom is -0.356 e. The quantitative estimate of drug-likeness (QED) is 0.369. The predicted octanol–water partition coefficient (Wildman–Crippen LogP) is 3.69. The SMILES string of the molecule is C#CCN(Cc1ccc2nc(C)[nH]c(=O)c2c1)c1ccc(C(=O)NCCCCCC#N)cc1. The number of aromatic amines is 1. The highest BCUT2D eigenvalue weighted by molar-refractivity contribution is 5.94. The van der Waals surface area contributed by atoms with Crippen molar-refractivity contribution in [2.45, 2.75) is 39.2 Å². The van der Waals surface area contributed by atoms with Crippen LogP contribution in [0.5, 0.6) is 0 Å². The standard InChI is InChI=1S/C26H27N5O2/c1-3-16-31(18-20-8-13-24-23(17-20)26(33)30-19(2)29-24)22-11-9-21(10-12-22)25(32)28-15-7-5-4-6-14-27/h1,8-13,17H,4-7,15-16,18H2,2H3,(H,28,32)(H,29,30,33). The third kappa shape index (κ3) is 6.44. The largest absolute Gasteiger partial charge is 0.356 e. The van der Waals surface area contributed by atoms with Gasteiger partial charge >= 0.3 is 0 Å².